The molecule has 14 heteroatoms. The Labute approximate surface area is 323 Å². The molecule has 0 aliphatic carbocycles. The summed E-state index contributed by atoms with van der Waals surface area (Å²) in [7, 11) is 1.61. The molecular formula is C41H57N3O11. The van der Waals surface area contributed by atoms with Crippen LogP contribution in [0.3, 0.4) is 0 Å². The van der Waals surface area contributed by atoms with Gasteiger partial charge in [-0.3, -0.25) is 24.3 Å². The highest BCUT2D eigenvalue weighted by molar-refractivity contribution is 5.84. The fraction of sp³-hybridized carbons (Fsp3) is 0.610. The predicted molar refractivity (Wildman–Crippen MR) is 202 cm³/mol. The summed E-state index contributed by atoms with van der Waals surface area (Å²) in [5.41, 5.74) is -1.56. The van der Waals surface area contributed by atoms with Crippen LogP contribution in [0.4, 0.5) is 0 Å². The average Bonchev–Trinajstić information content (AvgIpc) is 3.50. The Balaban J connectivity index is 1.83. The van der Waals surface area contributed by atoms with Crippen LogP contribution in [0.15, 0.2) is 36.5 Å². The third kappa shape index (κ3) is 11.0. The SMILES string of the molecule is COc1ccc(CCc2ccnc3[nH]nc(OC4O[C@H](COC(=O)C(C)(C)C)[C@@H](OC(=O)C(C)(C)C)[C@H](OC(=O)C(C)(C)C)[C@H]4OC(=O)C(C)(C)C)c23)cc1. The van der Waals surface area contributed by atoms with E-state index < -0.39 is 82.8 Å². The molecule has 1 unspecified atom stereocenters. The Hall–Kier alpha value is -4.72. The van der Waals surface area contributed by atoms with E-state index in [0.29, 0.717) is 23.9 Å². The Kier molecular flexibility index (Phi) is 13.0. The fourth-order valence-corrected chi connectivity index (χ4v) is 5.24. The number of carbonyl (C=O) groups is 4. The Morgan fingerprint density at radius 1 is 0.691 bits per heavy atom. The van der Waals surface area contributed by atoms with Gasteiger partial charge in [0.2, 0.25) is 18.3 Å². The quantitative estimate of drug-likeness (QED) is 0.170. The molecule has 1 saturated heterocycles. The number of aromatic amines is 1. The molecule has 55 heavy (non-hydrogen) atoms. The lowest BCUT2D eigenvalue weighted by atomic mass is 9.93. The van der Waals surface area contributed by atoms with Crippen molar-refractivity contribution in [2.45, 2.75) is 127 Å². The molecule has 0 radical (unpaired) electrons. The highest BCUT2D eigenvalue weighted by Crippen LogP contribution is 2.36. The van der Waals surface area contributed by atoms with Gasteiger partial charge in [0.25, 0.3) is 0 Å². The smallest absolute Gasteiger partial charge is 0.311 e. The van der Waals surface area contributed by atoms with E-state index in [1.807, 2.05) is 30.3 Å². The van der Waals surface area contributed by atoms with Crippen LogP contribution in [0.1, 0.15) is 94.2 Å². The number of hydrogen-bond acceptors (Lipinski definition) is 13. The first kappa shape index (κ1) is 43.0. The zero-order chi connectivity index (χ0) is 41.1. The number of methoxy groups -OCH3 is 1. The number of benzene rings is 1. The fourth-order valence-electron chi connectivity index (χ4n) is 5.24. The second kappa shape index (κ2) is 16.6. The van der Waals surface area contributed by atoms with Crippen LogP contribution in [0.25, 0.3) is 11.0 Å². The molecule has 0 spiro atoms. The molecule has 1 fully saturated rings. The molecule has 1 aromatic carbocycles. The lowest BCUT2D eigenvalue weighted by molar-refractivity contribution is -0.294. The minimum atomic E-state index is -1.51. The first-order valence-corrected chi connectivity index (χ1v) is 18.5. The van der Waals surface area contributed by atoms with E-state index >= 15 is 0 Å². The number of aryl methyl sites for hydroxylation is 2. The first-order chi connectivity index (χ1) is 25.4. The van der Waals surface area contributed by atoms with Gasteiger partial charge < -0.3 is 33.2 Å². The van der Waals surface area contributed by atoms with Crippen molar-refractivity contribution in [2.75, 3.05) is 13.7 Å². The average molecular weight is 768 g/mol. The number of H-pyrrole nitrogens is 1. The van der Waals surface area contributed by atoms with Crippen LogP contribution in [-0.4, -0.2) is 83.5 Å². The van der Waals surface area contributed by atoms with Crippen LogP contribution in [-0.2, 0) is 55.7 Å². The van der Waals surface area contributed by atoms with Gasteiger partial charge in [0.05, 0.1) is 34.2 Å². The molecule has 3 aromatic rings. The molecule has 14 nitrogen and oxygen atoms in total. The largest absolute Gasteiger partial charge is 0.497 e. The van der Waals surface area contributed by atoms with Crippen molar-refractivity contribution in [3.63, 3.8) is 0 Å². The number of pyridine rings is 1. The van der Waals surface area contributed by atoms with Crippen molar-refractivity contribution in [3.05, 3.63) is 47.7 Å². The number of fused-ring (bicyclic) bond motifs is 1. The van der Waals surface area contributed by atoms with Gasteiger partial charge >= 0.3 is 23.9 Å². The van der Waals surface area contributed by atoms with E-state index in [2.05, 4.69) is 15.2 Å². The van der Waals surface area contributed by atoms with Gasteiger partial charge in [0.15, 0.2) is 17.9 Å². The molecule has 1 N–H and O–H groups in total. The van der Waals surface area contributed by atoms with Gasteiger partial charge in [0.1, 0.15) is 18.5 Å². The summed E-state index contributed by atoms with van der Waals surface area (Å²) in [6, 6.07) is 9.63. The Morgan fingerprint density at radius 2 is 1.22 bits per heavy atom. The summed E-state index contributed by atoms with van der Waals surface area (Å²) < 4.78 is 42.3. The van der Waals surface area contributed by atoms with Gasteiger partial charge in [-0.1, -0.05) is 12.1 Å². The molecule has 5 atom stereocenters. The number of aromatic nitrogens is 3. The van der Waals surface area contributed by atoms with Crippen molar-refractivity contribution in [3.8, 4) is 11.6 Å². The molecule has 1 aliphatic rings. The van der Waals surface area contributed by atoms with Gasteiger partial charge in [-0.25, -0.2) is 4.98 Å². The molecular weight excluding hydrogens is 710 g/mol. The number of carbonyl (C=O) groups excluding carboxylic acids is 4. The molecule has 0 amide bonds. The monoisotopic (exact) mass is 767 g/mol. The van der Waals surface area contributed by atoms with E-state index in [0.717, 1.165) is 16.9 Å². The third-order valence-corrected chi connectivity index (χ3v) is 8.73. The first-order valence-electron chi connectivity index (χ1n) is 18.5. The van der Waals surface area contributed by atoms with Crippen LogP contribution < -0.4 is 9.47 Å². The maximum atomic E-state index is 13.7. The topological polar surface area (TPSA) is 174 Å². The number of esters is 4. The molecule has 1 aliphatic heterocycles. The standard InChI is InChI=1S/C41H57N3O11/c1-38(2,3)34(45)50-22-26-28(52-35(46)39(4,5)6)29(53-36(47)40(7,8)9)30(54-37(48)41(10,11)12)33(51-26)55-32-27-24(20-21-42-31(27)43-44-32)17-14-23-15-18-25(49-13)19-16-23/h15-16,18-21,26,28-30,33H,14,17,22H2,1-13H3,(H,42,43,44)/t26-,28-,29+,30-,33?/m1/s1. The van der Waals surface area contributed by atoms with Crippen molar-refractivity contribution in [2.24, 2.45) is 21.7 Å². The number of rotatable bonds is 11. The van der Waals surface area contributed by atoms with Crippen molar-refractivity contribution < 1.29 is 52.3 Å². The molecule has 3 heterocycles. The summed E-state index contributed by atoms with van der Waals surface area (Å²) >= 11 is 0. The summed E-state index contributed by atoms with van der Waals surface area (Å²) in [6.45, 7) is 19.6. The zero-order valence-corrected chi connectivity index (χ0v) is 34.4. The van der Waals surface area contributed by atoms with E-state index in [9.17, 15) is 19.2 Å². The van der Waals surface area contributed by atoms with Crippen LogP contribution in [0.5, 0.6) is 11.6 Å². The molecule has 4 rings (SSSR count). The normalized spacial score (nSPS) is 20.7. The summed E-state index contributed by atoms with van der Waals surface area (Å²) in [5, 5.41) is 7.88. The van der Waals surface area contributed by atoms with Crippen molar-refractivity contribution in [1.29, 1.82) is 0 Å². The highest BCUT2D eigenvalue weighted by Gasteiger charge is 2.56. The van der Waals surface area contributed by atoms with Crippen molar-refractivity contribution in [1.82, 2.24) is 15.2 Å². The Bertz CT molecular complexity index is 1830. The highest BCUT2D eigenvalue weighted by atomic mass is 16.7. The zero-order valence-electron chi connectivity index (χ0n) is 34.4. The maximum Gasteiger partial charge on any atom is 0.311 e. The Morgan fingerprint density at radius 3 is 1.75 bits per heavy atom. The number of nitrogens with one attached hydrogen (secondary N) is 1. The number of nitrogens with zero attached hydrogens (tertiary/aromatic N) is 2. The van der Waals surface area contributed by atoms with E-state index in [-0.39, 0.29) is 5.88 Å². The van der Waals surface area contributed by atoms with Crippen LogP contribution in [0, 0.1) is 21.7 Å². The lowest BCUT2D eigenvalue weighted by Crippen LogP contribution is -2.65. The number of ether oxygens (including phenoxy) is 7. The van der Waals surface area contributed by atoms with Crippen LogP contribution >= 0.6 is 0 Å². The van der Waals surface area contributed by atoms with Gasteiger partial charge in [-0.15, -0.1) is 5.10 Å². The molecule has 302 valence electrons. The second-order valence-electron chi connectivity index (χ2n) is 17.9. The summed E-state index contributed by atoms with van der Waals surface area (Å²) in [5.74, 6) is -1.72. The van der Waals surface area contributed by atoms with Gasteiger partial charge in [-0.2, -0.15) is 0 Å². The molecule has 0 saturated carbocycles. The number of hydrogen-bond donors (Lipinski definition) is 1. The van der Waals surface area contributed by atoms with Crippen LogP contribution in [0.2, 0.25) is 0 Å². The van der Waals surface area contributed by atoms with Gasteiger partial charge in [0, 0.05) is 6.20 Å². The van der Waals surface area contributed by atoms with Gasteiger partial charge in [-0.05, 0) is 125 Å². The predicted octanol–water partition coefficient (Wildman–Crippen LogP) is 6.32. The van der Waals surface area contributed by atoms with E-state index in [1.165, 1.54) is 0 Å². The maximum absolute atomic E-state index is 13.7. The summed E-state index contributed by atoms with van der Waals surface area (Å²) in [4.78, 5) is 58.3. The minimum absolute atomic E-state index is 0.0751. The molecule has 0 bridgehead atoms. The summed E-state index contributed by atoms with van der Waals surface area (Å²) in [6.07, 6.45) is -4.20. The third-order valence-electron chi connectivity index (χ3n) is 8.73. The second-order valence-corrected chi connectivity index (χ2v) is 17.9. The van der Waals surface area contributed by atoms with E-state index in [1.54, 1.807) is 96.4 Å². The van der Waals surface area contributed by atoms with E-state index in [4.69, 9.17) is 33.2 Å². The molecule has 2 aromatic heterocycles. The minimum Gasteiger partial charge on any atom is -0.497 e. The van der Waals surface area contributed by atoms with Crippen molar-refractivity contribution >= 4 is 34.9 Å². The lowest BCUT2D eigenvalue weighted by Gasteiger charge is -2.45.